The number of carbonyl (C=O) groups excluding carboxylic acids is 1. The maximum Gasteiger partial charge on any atom is 0.233 e. The highest BCUT2D eigenvalue weighted by Gasteiger charge is 2.28. The summed E-state index contributed by atoms with van der Waals surface area (Å²) in [6, 6.07) is 4.04. The lowest BCUT2D eigenvalue weighted by atomic mass is 10.2. The Labute approximate surface area is 160 Å². The molecule has 0 spiro atoms. The summed E-state index contributed by atoms with van der Waals surface area (Å²) < 4.78 is 28.4. The van der Waals surface area contributed by atoms with Crippen molar-refractivity contribution < 1.29 is 13.6 Å². The van der Waals surface area contributed by atoms with Gasteiger partial charge in [0.1, 0.15) is 0 Å². The first-order valence-corrected chi connectivity index (χ1v) is 9.69. The summed E-state index contributed by atoms with van der Waals surface area (Å²) in [6.45, 7) is 1.37. The molecule has 7 nitrogen and oxygen atoms in total. The van der Waals surface area contributed by atoms with Crippen LogP contribution in [0, 0.1) is 11.6 Å². The SMILES string of the molecule is CN(C)CCN(Cc1ccc(F)c(F)c1)C(=O)CSc1nnnn1C1CC1. The maximum absolute atomic E-state index is 13.5. The number of likely N-dealkylation sites (N-methyl/N-ethyl adjacent to an activating group) is 1. The van der Waals surface area contributed by atoms with Gasteiger partial charge in [0.25, 0.3) is 0 Å². The number of aromatic nitrogens is 4. The lowest BCUT2D eigenvalue weighted by Gasteiger charge is -2.24. The van der Waals surface area contributed by atoms with Crippen molar-refractivity contribution in [3.63, 3.8) is 0 Å². The Morgan fingerprint density at radius 1 is 1.26 bits per heavy atom. The van der Waals surface area contributed by atoms with Gasteiger partial charge in [-0.1, -0.05) is 17.8 Å². The van der Waals surface area contributed by atoms with Crippen LogP contribution < -0.4 is 0 Å². The van der Waals surface area contributed by atoms with E-state index in [9.17, 15) is 13.6 Å². The molecule has 0 radical (unpaired) electrons. The van der Waals surface area contributed by atoms with Gasteiger partial charge in [-0.3, -0.25) is 4.79 Å². The summed E-state index contributed by atoms with van der Waals surface area (Å²) in [5, 5.41) is 12.3. The number of tetrazole rings is 1. The zero-order valence-corrected chi connectivity index (χ0v) is 16.1. The highest BCUT2D eigenvalue weighted by Crippen LogP contribution is 2.36. The van der Waals surface area contributed by atoms with Crippen molar-refractivity contribution >= 4 is 17.7 Å². The lowest BCUT2D eigenvalue weighted by Crippen LogP contribution is -2.37. The maximum atomic E-state index is 13.5. The minimum absolute atomic E-state index is 0.100. The van der Waals surface area contributed by atoms with E-state index in [2.05, 4.69) is 15.5 Å². The molecule has 3 rings (SSSR count). The summed E-state index contributed by atoms with van der Waals surface area (Å²) in [7, 11) is 3.83. The number of hydrogen-bond donors (Lipinski definition) is 0. The fraction of sp³-hybridized carbons (Fsp3) is 0.529. The Morgan fingerprint density at radius 3 is 2.70 bits per heavy atom. The van der Waals surface area contributed by atoms with Crippen LogP contribution in [0.4, 0.5) is 8.78 Å². The second-order valence-corrected chi connectivity index (χ2v) is 7.74. The van der Waals surface area contributed by atoms with Gasteiger partial charge in [-0.05, 0) is 55.1 Å². The molecule has 1 aliphatic rings. The number of hydrogen-bond acceptors (Lipinski definition) is 6. The third-order valence-corrected chi connectivity index (χ3v) is 5.13. The fourth-order valence-electron chi connectivity index (χ4n) is 2.52. The summed E-state index contributed by atoms with van der Waals surface area (Å²) in [5.74, 6) is -1.72. The van der Waals surface area contributed by atoms with Crippen LogP contribution in [0.3, 0.4) is 0 Å². The number of rotatable bonds is 9. The standard InChI is InChI=1S/C17H22F2N6OS/c1-23(2)7-8-24(10-12-3-6-14(18)15(19)9-12)16(26)11-27-17-20-21-22-25(17)13-4-5-13/h3,6,9,13H,4-5,7-8,10-11H2,1-2H3. The van der Waals surface area contributed by atoms with Gasteiger partial charge in [0.05, 0.1) is 11.8 Å². The molecule has 10 heteroatoms. The minimum Gasteiger partial charge on any atom is -0.336 e. The van der Waals surface area contributed by atoms with Crippen LogP contribution in [0.2, 0.25) is 0 Å². The van der Waals surface area contributed by atoms with Crippen LogP contribution in [0.1, 0.15) is 24.4 Å². The molecule has 27 heavy (non-hydrogen) atoms. The Morgan fingerprint density at radius 2 is 2.04 bits per heavy atom. The molecule has 0 saturated heterocycles. The number of halogens is 2. The molecule has 0 unspecified atom stereocenters. The second-order valence-electron chi connectivity index (χ2n) is 6.79. The molecule has 1 aromatic carbocycles. The number of nitrogens with zero attached hydrogens (tertiary/aromatic N) is 6. The first-order chi connectivity index (χ1) is 12.9. The predicted molar refractivity (Wildman–Crippen MR) is 97.1 cm³/mol. The Hall–Kier alpha value is -2.07. The normalized spacial score (nSPS) is 14.0. The van der Waals surface area contributed by atoms with Gasteiger partial charge >= 0.3 is 0 Å². The fourth-order valence-corrected chi connectivity index (χ4v) is 3.36. The van der Waals surface area contributed by atoms with Crippen molar-refractivity contribution in [1.82, 2.24) is 30.0 Å². The zero-order valence-electron chi connectivity index (χ0n) is 15.3. The van der Waals surface area contributed by atoms with Crippen molar-refractivity contribution in [3.8, 4) is 0 Å². The summed E-state index contributed by atoms with van der Waals surface area (Å²) in [4.78, 5) is 16.4. The molecule has 1 fully saturated rings. The van der Waals surface area contributed by atoms with Crippen LogP contribution in [0.15, 0.2) is 23.4 Å². The predicted octanol–water partition coefficient (Wildman–Crippen LogP) is 1.97. The Kier molecular flexibility index (Phi) is 6.38. The van der Waals surface area contributed by atoms with E-state index >= 15 is 0 Å². The average Bonchev–Trinajstić information content (AvgIpc) is 3.37. The molecule has 2 aromatic rings. The molecule has 1 saturated carbocycles. The molecule has 0 atom stereocenters. The first-order valence-electron chi connectivity index (χ1n) is 8.71. The number of benzene rings is 1. The van der Waals surface area contributed by atoms with Gasteiger partial charge in [-0.2, -0.15) is 0 Å². The summed E-state index contributed by atoms with van der Waals surface area (Å²) >= 11 is 1.30. The van der Waals surface area contributed by atoms with Gasteiger partial charge in [0.2, 0.25) is 11.1 Å². The van der Waals surface area contributed by atoms with Crippen molar-refractivity contribution in [3.05, 3.63) is 35.4 Å². The van der Waals surface area contributed by atoms with Crippen LogP contribution >= 0.6 is 11.8 Å². The Balaban J connectivity index is 1.64. The van der Waals surface area contributed by atoms with E-state index in [1.165, 1.54) is 17.8 Å². The highest BCUT2D eigenvalue weighted by atomic mass is 32.2. The zero-order chi connectivity index (χ0) is 19.4. The van der Waals surface area contributed by atoms with Crippen LogP contribution in [-0.4, -0.2) is 68.9 Å². The average molecular weight is 396 g/mol. The molecule has 146 valence electrons. The van der Waals surface area contributed by atoms with E-state index in [0.29, 0.717) is 29.9 Å². The molecule has 1 aliphatic carbocycles. The van der Waals surface area contributed by atoms with E-state index < -0.39 is 11.6 Å². The summed E-state index contributed by atoms with van der Waals surface area (Å²) in [6.07, 6.45) is 2.11. The monoisotopic (exact) mass is 396 g/mol. The topological polar surface area (TPSA) is 67.2 Å². The van der Waals surface area contributed by atoms with Crippen molar-refractivity contribution in [2.75, 3.05) is 32.9 Å². The summed E-state index contributed by atoms with van der Waals surface area (Å²) in [5.41, 5.74) is 0.550. The molecular weight excluding hydrogens is 374 g/mol. The van der Waals surface area contributed by atoms with E-state index in [4.69, 9.17) is 0 Å². The van der Waals surface area contributed by atoms with Gasteiger partial charge in [0.15, 0.2) is 11.6 Å². The van der Waals surface area contributed by atoms with E-state index in [-0.39, 0.29) is 18.2 Å². The molecule has 1 heterocycles. The first kappa shape index (κ1) is 19.7. The largest absolute Gasteiger partial charge is 0.336 e. The molecule has 1 amide bonds. The number of amides is 1. The van der Waals surface area contributed by atoms with Crippen LogP contribution in [0.5, 0.6) is 0 Å². The highest BCUT2D eigenvalue weighted by molar-refractivity contribution is 7.99. The number of carbonyl (C=O) groups is 1. The van der Waals surface area contributed by atoms with Crippen LogP contribution in [0.25, 0.3) is 0 Å². The third-order valence-electron chi connectivity index (χ3n) is 4.21. The molecular formula is C17H22F2N6OS. The molecule has 1 aromatic heterocycles. The molecule has 0 N–H and O–H groups in total. The van der Waals surface area contributed by atoms with E-state index in [1.807, 2.05) is 19.0 Å². The second kappa shape index (κ2) is 8.75. The van der Waals surface area contributed by atoms with Crippen molar-refractivity contribution in [2.24, 2.45) is 0 Å². The smallest absolute Gasteiger partial charge is 0.233 e. The van der Waals surface area contributed by atoms with Crippen molar-refractivity contribution in [2.45, 2.75) is 30.6 Å². The van der Waals surface area contributed by atoms with Crippen molar-refractivity contribution in [1.29, 1.82) is 0 Å². The Bertz CT molecular complexity index is 795. The molecule has 0 bridgehead atoms. The van der Waals surface area contributed by atoms with Gasteiger partial charge in [-0.25, -0.2) is 13.5 Å². The lowest BCUT2D eigenvalue weighted by molar-refractivity contribution is -0.129. The third kappa shape index (κ3) is 5.46. The minimum atomic E-state index is -0.912. The van der Waals surface area contributed by atoms with E-state index in [1.54, 1.807) is 9.58 Å². The van der Waals surface area contributed by atoms with E-state index in [0.717, 1.165) is 25.0 Å². The molecule has 0 aliphatic heterocycles. The van der Waals surface area contributed by atoms with Gasteiger partial charge in [0, 0.05) is 19.6 Å². The van der Waals surface area contributed by atoms with Gasteiger partial charge < -0.3 is 9.80 Å². The number of thioether (sulfide) groups is 1. The quantitative estimate of drug-likeness (QED) is 0.604. The van der Waals surface area contributed by atoms with Crippen LogP contribution in [-0.2, 0) is 11.3 Å². The van der Waals surface area contributed by atoms with Gasteiger partial charge in [-0.15, -0.1) is 5.10 Å².